The Morgan fingerprint density at radius 2 is 2.13 bits per heavy atom. The van der Waals surface area contributed by atoms with Gasteiger partial charge in [-0.15, -0.1) is 0 Å². The van der Waals surface area contributed by atoms with Crippen LogP contribution in [0, 0.1) is 12.8 Å². The highest BCUT2D eigenvalue weighted by molar-refractivity contribution is 6.31. The van der Waals surface area contributed by atoms with Gasteiger partial charge in [0.25, 0.3) is 0 Å². The van der Waals surface area contributed by atoms with Crippen molar-refractivity contribution < 1.29 is 9.59 Å². The van der Waals surface area contributed by atoms with E-state index in [0.29, 0.717) is 24.0 Å². The van der Waals surface area contributed by atoms with Crippen molar-refractivity contribution in [3.63, 3.8) is 0 Å². The first-order chi connectivity index (χ1) is 11.0. The van der Waals surface area contributed by atoms with Gasteiger partial charge in [0.05, 0.1) is 6.54 Å². The van der Waals surface area contributed by atoms with Crippen molar-refractivity contribution in [2.24, 2.45) is 5.92 Å². The normalized spacial score (nSPS) is 21.0. The summed E-state index contributed by atoms with van der Waals surface area (Å²) >= 11 is 6.19. The van der Waals surface area contributed by atoms with E-state index in [1.807, 2.05) is 25.1 Å². The summed E-state index contributed by atoms with van der Waals surface area (Å²) < 4.78 is 0. The van der Waals surface area contributed by atoms with Gasteiger partial charge in [0.15, 0.2) is 0 Å². The molecule has 1 atom stereocenters. The summed E-state index contributed by atoms with van der Waals surface area (Å²) in [4.78, 5) is 28.0. The van der Waals surface area contributed by atoms with Crippen molar-refractivity contribution in [3.8, 4) is 0 Å². The molecule has 1 unspecified atom stereocenters. The molecule has 1 aliphatic heterocycles. The Hall–Kier alpha value is -1.75. The molecule has 23 heavy (non-hydrogen) atoms. The van der Waals surface area contributed by atoms with E-state index in [1.165, 1.54) is 17.7 Å². The standard InChI is InChI=1S/C17H22ClN3O2/c1-11-3-6-13(14(18)7-11)8-19-16(22)15-10-21(9-12-4-5-12)17(23)20(15)2/h3,6-7,12,15H,4-5,8-10H2,1-2H3,(H,19,22). The number of nitrogens with one attached hydrogen (secondary N) is 1. The third-order valence-corrected chi connectivity index (χ3v) is 4.92. The minimum atomic E-state index is -0.425. The van der Waals surface area contributed by atoms with Crippen molar-refractivity contribution in [3.05, 3.63) is 34.3 Å². The summed E-state index contributed by atoms with van der Waals surface area (Å²) in [6, 6.07) is 5.29. The number of carbonyl (C=O) groups excluding carboxylic acids is 2. The second-order valence-corrected chi connectivity index (χ2v) is 6.98. The summed E-state index contributed by atoms with van der Waals surface area (Å²) in [5.74, 6) is 0.497. The van der Waals surface area contributed by atoms with Crippen LogP contribution >= 0.6 is 11.6 Å². The van der Waals surface area contributed by atoms with Gasteiger partial charge in [0.1, 0.15) is 6.04 Å². The molecular weight excluding hydrogens is 314 g/mol. The van der Waals surface area contributed by atoms with Gasteiger partial charge in [-0.25, -0.2) is 4.79 Å². The Morgan fingerprint density at radius 3 is 2.78 bits per heavy atom. The number of rotatable bonds is 5. The molecule has 1 saturated heterocycles. The highest BCUT2D eigenvalue weighted by Gasteiger charge is 2.40. The lowest BCUT2D eigenvalue weighted by Gasteiger charge is -2.17. The Morgan fingerprint density at radius 1 is 1.39 bits per heavy atom. The number of urea groups is 1. The van der Waals surface area contributed by atoms with Crippen LogP contribution in [-0.4, -0.2) is 47.9 Å². The molecule has 0 aromatic heterocycles. The first kappa shape index (κ1) is 16.1. The minimum absolute atomic E-state index is 0.0505. The van der Waals surface area contributed by atoms with E-state index in [-0.39, 0.29) is 11.9 Å². The van der Waals surface area contributed by atoms with Crippen LogP contribution in [0.15, 0.2) is 18.2 Å². The summed E-state index contributed by atoms with van der Waals surface area (Å²) in [6.07, 6.45) is 2.38. The molecule has 1 aliphatic carbocycles. The average Bonchev–Trinajstić information content (AvgIpc) is 3.28. The number of benzene rings is 1. The van der Waals surface area contributed by atoms with Gasteiger partial charge in [-0.3, -0.25) is 4.79 Å². The topological polar surface area (TPSA) is 52.7 Å². The van der Waals surface area contributed by atoms with Crippen LogP contribution in [0.2, 0.25) is 5.02 Å². The van der Waals surface area contributed by atoms with Crippen LogP contribution in [0.3, 0.4) is 0 Å². The number of nitrogens with zero attached hydrogens (tertiary/aromatic N) is 2. The zero-order valence-electron chi connectivity index (χ0n) is 13.5. The molecule has 2 aliphatic rings. The molecule has 1 aromatic carbocycles. The number of hydrogen-bond acceptors (Lipinski definition) is 2. The predicted molar refractivity (Wildman–Crippen MR) is 89.3 cm³/mol. The largest absolute Gasteiger partial charge is 0.350 e. The summed E-state index contributed by atoms with van der Waals surface area (Å²) in [5, 5.41) is 3.55. The zero-order chi connectivity index (χ0) is 16.6. The maximum atomic E-state index is 12.4. The Balaban J connectivity index is 1.58. The van der Waals surface area contributed by atoms with Crippen LogP contribution < -0.4 is 5.32 Å². The van der Waals surface area contributed by atoms with Gasteiger partial charge in [-0.1, -0.05) is 23.7 Å². The van der Waals surface area contributed by atoms with Gasteiger partial charge in [-0.2, -0.15) is 0 Å². The first-order valence-electron chi connectivity index (χ1n) is 8.00. The van der Waals surface area contributed by atoms with E-state index in [1.54, 1.807) is 11.9 Å². The fourth-order valence-corrected chi connectivity index (χ4v) is 3.19. The summed E-state index contributed by atoms with van der Waals surface area (Å²) in [7, 11) is 1.69. The van der Waals surface area contributed by atoms with Crippen LogP contribution in [-0.2, 0) is 11.3 Å². The van der Waals surface area contributed by atoms with E-state index >= 15 is 0 Å². The molecule has 0 bridgehead atoms. The quantitative estimate of drug-likeness (QED) is 0.898. The van der Waals surface area contributed by atoms with Crippen LogP contribution in [0.5, 0.6) is 0 Å². The van der Waals surface area contributed by atoms with Crippen LogP contribution in [0.4, 0.5) is 4.79 Å². The predicted octanol–water partition coefficient (Wildman–Crippen LogP) is 2.41. The minimum Gasteiger partial charge on any atom is -0.350 e. The fraction of sp³-hybridized carbons (Fsp3) is 0.529. The fourth-order valence-electron chi connectivity index (χ4n) is 2.89. The van der Waals surface area contributed by atoms with Crippen molar-refractivity contribution in [1.82, 2.24) is 15.1 Å². The van der Waals surface area contributed by atoms with Crippen molar-refractivity contribution in [2.45, 2.75) is 32.4 Å². The van der Waals surface area contributed by atoms with E-state index in [4.69, 9.17) is 11.6 Å². The number of aryl methyl sites for hydroxylation is 1. The molecule has 0 spiro atoms. The lowest BCUT2D eigenvalue weighted by atomic mass is 10.1. The number of hydrogen-bond donors (Lipinski definition) is 1. The maximum absolute atomic E-state index is 12.4. The van der Waals surface area contributed by atoms with Crippen molar-refractivity contribution in [1.29, 1.82) is 0 Å². The summed E-state index contributed by atoms with van der Waals surface area (Å²) in [6.45, 7) is 3.59. The molecule has 5 nitrogen and oxygen atoms in total. The molecule has 1 N–H and O–H groups in total. The lowest BCUT2D eigenvalue weighted by molar-refractivity contribution is -0.124. The van der Waals surface area contributed by atoms with E-state index < -0.39 is 6.04 Å². The monoisotopic (exact) mass is 335 g/mol. The van der Waals surface area contributed by atoms with Gasteiger partial charge in [0.2, 0.25) is 5.91 Å². The Bertz CT molecular complexity index is 630. The first-order valence-corrected chi connectivity index (χ1v) is 8.38. The second-order valence-electron chi connectivity index (χ2n) is 6.57. The van der Waals surface area contributed by atoms with E-state index in [0.717, 1.165) is 17.7 Å². The van der Waals surface area contributed by atoms with Crippen LogP contribution in [0.25, 0.3) is 0 Å². The summed E-state index contributed by atoms with van der Waals surface area (Å²) in [5.41, 5.74) is 1.97. The number of amides is 3. The molecule has 1 aromatic rings. The maximum Gasteiger partial charge on any atom is 0.320 e. The molecule has 3 amide bonds. The second kappa shape index (κ2) is 6.40. The Kier molecular flexibility index (Phi) is 4.48. The lowest BCUT2D eigenvalue weighted by Crippen LogP contribution is -2.43. The third kappa shape index (κ3) is 3.61. The number of carbonyl (C=O) groups is 2. The molecule has 6 heteroatoms. The van der Waals surface area contributed by atoms with Gasteiger partial charge >= 0.3 is 6.03 Å². The van der Waals surface area contributed by atoms with E-state index in [9.17, 15) is 9.59 Å². The third-order valence-electron chi connectivity index (χ3n) is 4.57. The molecule has 1 saturated carbocycles. The Labute approximate surface area is 141 Å². The van der Waals surface area contributed by atoms with Crippen molar-refractivity contribution >= 4 is 23.5 Å². The number of likely N-dealkylation sites (N-methyl/N-ethyl adjacent to an activating group) is 1. The molecule has 0 radical (unpaired) electrons. The molecule has 2 fully saturated rings. The van der Waals surface area contributed by atoms with Gasteiger partial charge in [0, 0.05) is 25.2 Å². The van der Waals surface area contributed by atoms with Gasteiger partial charge in [-0.05, 0) is 42.9 Å². The molecular formula is C17H22ClN3O2. The molecule has 124 valence electrons. The SMILES string of the molecule is Cc1ccc(CNC(=O)C2CN(CC3CC3)C(=O)N2C)c(Cl)c1. The smallest absolute Gasteiger partial charge is 0.320 e. The van der Waals surface area contributed by atoms with Gasteiger partial charge < -0.3 is 15.1 Å². The highest BCUT2D eigenvalue weighted by Crippen LogP contribution is 2.31. The number of halogens is 1. The van der Waals surface area contributed by atoms with Crippen LogP contribution in [0.1, 0.15) is 24.0 Å². The molecule has 1 heterocycles. The average molecular weight is 336 g/mol. The zero-order valence-corrected chi connectivity index (χ0v) is 14.3. The highest BCUT2D eigenvalue weighted by atomic mass is 35.5. The molecule has 3 rings (SSSR count). The van der Waals surface area contributed by atoms with E-state index in [2.05, 4.69) is 5.32 Å². The van der Waals surface area contributed by atoms with Crippen molar-refractivity contribution in [2.75, 3.05) is 20.1 Å².